The molecular formula is C18H23N3O3S. The molecule has 1 aliphatic heterocycles. The van der Waals surface area contributed by atoms with E-state index < -0.39 is 10.0 Å². The van der Waals surface area contributed by atoms with Gasteiger partial charge in [0, 0.05) is 30.8 Å². The third-order valence-electron chi connectivity index (χ3n) is 4.21. The highest BCUT2D eigenvalue weighted by atomic mass is 32.2. The molecule has 7 heteroatoms. The minimum absolute atomic E-state index is 0.300. The number of hydrogen-bond acceptors (Lipinski definition) is 4. The highest BCUT2D eigenvalue weighted by Crippen LogP contribution is 2.28. The van der Waals surface area contributed by atoms with Gasteiger partial charge in [-0.15, -0.1) is 0 Å². The molecule has 0 amide bonds. The predicted molar refractivity (Wildman–Crippen MR) is 97.2 cm³/mol. The summed E-state index contributed by atoms with van der Waals surface area (Å²) >= 11 is 0. The number of rotatable bonds is 5. The third kappa shape index (κ3) is 4.78. The van der Waals surface area contributed by atoms with Crippen LogP contribution in [0.25, 0.3) is 6.08 Å². The molecule has 1 aromatic carbocycles. The SMILES string of the molecule is Cc1ccc(/C=C/S(=O)(=O)N[C@H]2CCCO[C@@H]2c2cnn(C)c2)cc1. The highest BCUT2D eigenvalue weighted by Gasteiger charge is 2.31. The largest absolute Gasteiger partial charge is 0.372 e. The number of aryl methyl sites for hydroxylation is 2. The predicted octanol–water partition coefficient (Wildman–Crippen LogP) is 2.54. The van der Waals surface area contributed by atoms with Gasteiger partial charge < -0.3 is 4.74 Å². The maximum Gasteiger partial charge on any atom is 0.234 e. The van der Waals surface area contributed by atoms with Gasteiger partial charge in [0.25, 0.3) is 0 Å². The lowest BCUT2D eigenvalue weighted by Gasteiger charge is -2.31. The summed E-state index contributed by atoms with van der Waals surface area (Å²) in [7, 11) is -1.73. The van der Waals surface area contributed by atoms with E-state index in [1.54, 1.807) is 17.0 Å². The molecule has 0 spiro atoms. The van der Waals surface area contributed by atoms with Crippen molar-refractivity contribution in [3.8, 4) is 0 Å². The Morgan fingerprint density at radius 2 is 2.08 bits per heavy atom. The summed E-state index contributed by atoms with van der Waals surface area (Å²) in [5, 5.41) is 5.37. The molecule has 6 nitrogen and oxygen atoms in total. The van der Waals surface area contributed by atoms with Crippen LogP contribution in [0.4, 0.5) is 0 Å². The lowest BCUT2D eigenvalue weighted by Crippen LogP contribution is -2.41. The number of nitrogens with zero attached hydrogens (tertiary/aromatic N) is 2. The minimum Gasteiger partial charge on any atom is -0.372 e. The van der Waals surface area contributed by atoms with Gasteiger partial charge in [-0.1, -0.05) is 29.8 Å². The number of aromatic nitrogens is 2. The molecule has 1 saturated heterocycles. The van der Waals surface area contributed by atoms with Crippen molar-refractivity contribution in [2.24, 2.45) is 7.05 Å². The third-order valence-corrected chi connectivity index (χ3v) is 5.33. The van der Waals surface area contributed by atoms with Gasteiger partial charge in [-0.25, -0.2) is 13.1 Å². The van der Waals surface area contributed by atoms with Crippen LogP contribution < -0.4 is 4.72 Å². The molecule has 2 aromatic rings. The molecule has 0 unspecified atom stereocenters. The Labute approximate surface area is 148 Å². The number of nitrogens with one attached hydrogen (secondary N) is 1. The van der Waals surface area contributed by atoms with Crippen LogP contribution in [0.1, 0.15) is 35.6 Å². The second-order valence-corrected chi connectivity index (χ2v) is 7.96. The lowest BCUT2D eigenvalue weighted by molar-refractivity contribution is -0.00437. The number of benzene rings is 1. The van der Waals surface area contributed by atoms with Crippen LogP contribution in [0.5, 0.6) is 0 Å². The second kappa shape index (κ2) is 7.51. The molecule has 1 fully saturated rings. The summed E-state index contributed by atoms with van der Waals surface area (Å²) < 4.78 is 35.1. The Hall–Kier alpha value is -1.96. The normalized spacial score (nSPS) is 21.7. The maximum absolute atomic E-state index is 12.4. The molecule has 1 aromatic heterocycles. The standard InChI is InChI=1S/C18H23N3O3S/c1-14-5-7-15(8-6-14)9-11-25(22,23)20-17-4-3-10-24-18(17)16-12-19-21(2)13-16/h5-9,11-13,17-18,20H,3-4,10H2,1-2H3/b11-9+/t17-,18+/m0/s1. The van der Waals surface area contributed by atoms with Crippen LogP contribution in [-0.4, -0.2) is 30.8 Å². The summed E-state index contributed by atoms with van der Waals surface area (Å²) in [6.07, 6.45) is 6.43. The van der Waals surface area contributed by atoms with Crippen LogP contribution in [0, 0.1) is 6.92 Å². The molecule has 2 heterocycles. The summed E-state index contributed by atoms with van der Waals surface area (Å²) in [6.45, 7) is 2.62. The molecular weight excluding hydrogens is 338 g/mol. The van der Waals surface area contributed by atoms with Crippen molar-refractivity contribution in [2.75, 3.05) is 6.61 Å². The molecule has 0 saturated carbocycles. The van der Waals surface area contributed by atoms with Gasteiger partial charge in [0.2, 0.25) is 10.0 Å². The van der Waals surface area contributed by atoms with Crippen LogP contribution in [-0.2, 0) is 21.8 Å². The van der Waals surface area contributed by atoms with Gasteiger partial charge >= 0.3 is 0 Å². The first-order chi connectivity index (χ1) is 11.9. The molecule has 0 radical (unpaired) electrons. The van der Waals surface area contributed by atoms with Gasteiger partial charge in [0.05, 0.1) is 12.2 Å². The first-order valence-electron chi connectivity index (χ1n) is 8.30. The Morgan fingerprint density at radius 3 is 2.76 bits per heavy atom. The van der Waals surface area contributed by atoms with Gasteiger partial charge in [-0.3, -0.25) is 4.68 Å². The number of sulfonamides is 1. The fourth-order valence-electron chi connectivity index (χ4n) is 2.91. The van der Waals surface area contributed by atoms with Crippen LogP contribution >= 0.6 is 0 Å². The molecule has 2 atom stereocenters. The van der Waals surface area contributed by atoms with E-state index in [1.807, 2.05) is 44.4 Å². The van der Waals surface area contributed by atoms with E-state index in [2.05, 4.69) is 9.82 Å². The van der Waals surface area contributed by atoms with Crippen molar-refractivity contribution in [3.63, 3.8) is 0 Å². The van der Waals surface area contributed by atoms with E-state index >= 15 is 0 Å². The van der Waals surface area contributed by atoms with Crippen molar-refractivity contribution in [3.05, 3.63) is 58.8 Å². The van der Waals surface area contributed by atoms with Crippen molar-refractivity contribution < 1.29 is 13.2 Å². The van der Waals surface area contributed by atoms with E-state index in [0.717, 1.165) is 29.5 Å². The van der Waals surface area contributed by atoms with Crippen LogP contribution in [0.2, 0.25) is 0 Å². The van der Waals surface area contributed by atoms with E-state index in [9.17, 15) is 8.42 Å². The summed E-state index contributed by atoms with van der Waals surface area (Å²) in [5.41, 5.74) is 2.87. The zero-order chi connectivity index (χ0) is 17.9. The van der Waals surface area contributed by atoms with Gasteiger partial charge in [-0.2, -0.15) is 5.10 Å². The summed E-state index contributed by atoms with van der Waals surface area (Å²) in [6, 6.07) is 7.39. The monoisotopic (exact) mass is 361 g/mol. The summed E-state index contributed by atoms with van der Waals surface area (Å²) in [5.74, 6) is 0. The Kier molecular flexibility index (Phi) is 5.36. The van der Waals surface area contributed by atoms with Crippen molar-refractivity contribution in [1.82, 2.24) is 14.5 Å². The molecule has 0 aliphatic carbocycles. The average molecular weight is 361 g/mol. The molecule has 0 bridgehead atoms. The summed E-state index contributed by atoms with van der Waals surface area (Å²) in [4.78, 5) is 0. The van der Waals surface area contributed by atoms with E-state index in [0.29, 0.717) is 6.61 Å². The Balaban J connectivity index is 1.72. The zero-order valence-corrected chi connectivity index (χ0v) is 15.2. The zero-order valence-electron chi connectivity index (χ0n) is 14.4. The fraction of sp³-hybridized carbons (Fsp3) is 0.389. The van der Waals surface area contributed by atoms with Crippen molar-refractivity contribution >= 4 is 16.1 Å². The second-order valence-electron chi connectivity index (χ2n) is 6.36. The molecule has 134 valence electrons. The molecule has 3 rings (SSSR count). The van der Waals surface area contributed by atoms with Crippen molar-refractivity contribution in [1.29, 1.82) is 0 Å². The van der Waals surface area contributed by atoms with Gasteiger partial charge in [0.1, 0.15) is 6.10 Å². The quantitative estimate of drug-likeness (QED) is 0.888. The molecule has 1 aliphatic rings. The highest BCUT2D eigenvalue weighted by molar-refractivity contribution is 7.92. The first kappa shape index (κ1) is 17.8. The minimum atomic E-state index is -3.56. The smallest absolute Gasteiger partial charge is 0.234 e. The lowest BCUT2D eigenvalue weighted by atomic mass is 9.99. The van der Waals surface area contributed by atoms with Crippen LogP contribution in [0.15, 0.2) is 42.1 Å². The van der Waals surface area contributed by atoms with Crippen LogP contribution in [0.3, 0.4) is 0 Å². The average Bonchev–Trinajstić information content (AvgIpc) is 3.01. The fourth-order valence-corrected chi connectivity index (χ4v) is 3.99. The van der Waals surface area contributed by atoms with E-state index in [1.165, 1.54) is 5.41 Å². The molecule has 1 N–H and O–H groups in total. The van der Waals surface area contributed by atoms with Gasteiger partial charge in [0.15, 0.2) is 0 Å². The maximum atomic E-state index is 12.4. The Bertz CT molecular complexity index is 841. The topological polar surface area (TPSA) is 73.2 Å². The number of ether oxygens (including phenoxy) is 1. The molecule has 25 heavy (non-hydrogen) atoms. The van der Waals surface area contributed by atoms with E-state index in [-0.39, 0.29) is 12.1 Å². The Morgan fingerprint density at radius 1 is 1.32 bits per heavy atom. The van der Waals surface area contributed by atoms with E-state index in [4.69, 9.17) is 4.74 Å². The first-order valence-corrected chi connectivity index (χ1v) is 9.85. The van der Waals surface area contributed by atoms with Crippen molar-refractivity contribution in [2.45, 2.75) is 31.9 Å². The van der Waals surface area contributed by atoms with Gasteiger partial charge in [-0.05, 0) is 31.4 Å². The number of hydrogen-bond donors (Lipinski definition) is 1.